The number of benzene rings is 3. The van der Waals surface area contributed by atoms with E-state index in [1.165, 1.54) is 16.5 Å². The number of ether oxygens (including phenoxy) is 1. The van der Waals surface area contributed by atoms with Gasteiger partial charge in [-0.05, 0) is 58.0 Å². The molecule has 0 spiro atoms. The van der Waals surface area contributed by atoms with E-state index >= 15 is 0 Å². The molecule has 0 unspecified atom stereocenters. The highest BCUT2D eigenvalue weighted by Gasteiger charge is 2.22. The summed E-state index contributed by atoms with van der Waals surface area (Å²) < 4.78 is 5.54. The van der Waals surface area contributed by atoms with Gasteiger partial charge in [0.2, 0.25) is 11.8 Å². The van der Waals surface area contributed by atoms with Gasteiger partial charge in [-0.1, -0.05) is 59.6 Å². The van der Waals surface area contributed by atoms with E-state index in [2.05, 4.69) is 34.5 Å². The van der Waals surface area contributed by atoms with Crippen molar-refractivity contribution in [2.45, 2.75) is 25.8 Å². The summed E-state index contributed by atoms with van der Waals surface area (Å²) in [6.45, 7) is 5.33. The second-order valence-electron chi connectivity index (χ2n) is 9.69. The highest BCUT2D eigenvalue weighted by Crippen LogP contribution is 2.31. The van der Waals surface area contributed by atoms with Crippen molar-refractivity contribution >= 4 is 45.8 Å². The first-order valence-corrected chi connectivity index (χ1v) is 13.5. The molecular formula is C29H31Cl2N3O3. The van der Waals surface area contributed by atoms with Crippen molar-refractivity contribution in [3.63, 3.8) is 0 Å². The number of fused-ring (bicyclic) bond motifs is 1. The Hall–Kier alpha value is -2.64. The average Bonchev–Trinajstić information content (AvgIpc) is 3.07. The van der Waals surface area contributed by atoms with Crippen LogP contribution in [0.3, 0.4) is 0 Å². The predicted molar refractivity (Wildman–Crippen MR) is 147 cm³/mol. The molecule has 37 heavy (non-hydrogen) atoms. The predicted octanol–water partition coefficient (Wildman–Crippen LogP) is 4.46. The van der Waals surface area contributed by atoms with Crippen LogP contribution >= 0.6 is 23.2 Å². The van der Waals surface area contributed by atoms with Crippen LogP contribution in [-0.4, -0.2) is 67.6 Å². The summed E-state index contributed by atoms with van der Waals surface area (Å²) >= 11 is 12.5. The highest BCUT2D eigenvalue weighted by molar-refractivity contribution is 6.42. The zero-order valence-corrected chi connectivity index (χ0v) is 22.3. The second-order valence-corrected chi connectivity index (χ2v) is 10.5. The van der Waals surface area contributed by atoms with Crippen LogP contribution in [0.4, 0.5) is 0 Å². The molecule has 2 fully saturated rings. The minimum Gasteiger partial charge on any atom is -0.379 e. The number of carbonyl (C=O) groups is 2. The number of carbonyl (C=O) groups excluding carboxylic acids is 2. The van der Waals surface area contributed by atoms with Gasteiger partial charge >= 0.3 is 0 Å². The molecule has 3 aromatic rings. The summed E-state index contributed by atoms with van der Waals surface area (Å²) in [5.41, 5.74) is 4.71. The number of morpholine rings is 1. The fourth-order valence-electron chi connectivity index (χ4n) is 5.23. The van der Waals surface area contributed by atoms with Crippen molar-refractivity contribution in [3.05, 3.63) is 80.8 Å². The van der Waals surface area contributed by atoms with Crippen LogP contribution in [0.5, 0.6) is 0 Å². The number of nitrogens with zero attached hydrogens (tertiary/aromatic N) is 2. The maximum absolute atomic E-state index is 12.8. The van der Waals surface area contributed by atoms with Crippen LogP contribution in [0, 0.1) is 0 Å². The Kier molecular flexibility index (Phi) is 8.30. The first-order valence-electron chi connectivity index (χ1n) is 12.8. The largest absolute Gasteiger partial charge is 0.379 e. The van der Waals surface area contributed by atoms with E-state index in [1.54, 1.807) is 4.90 Å². The lowest BCUT2D eigenvalue weighted by Gasteiger charge is -2.28. The van der Waals surface area contributed by atoms with Crippen molar-refractivity contribution in [2.24, 2.45) is 0 Å². The molecule has 2 saturated heterocycles. The maximum atomic E-state index is 12.8. The fraction of sp³-hybridized carbons (Fsp3) is 0.379. The molecule has 0 saturated carbocycles. The van der Waals surface area contributed by atoms with Gasteiger partial charge < -0.3 is 15.0 Å². The van der Waals surface area contributed by atoms with E-state index in [0.29, 0.717) is 36.0 Å². The summed E-state index contributed by atoms with van der Waals surface area (Å²) in [5, 5.41) is 6.13. The van der Waals surface area contributed by atoms with E-state index in [-0.39, 0.29) is 18.4 Å². The summed E-state index contributed by atoms with van der Waals surface area (Å²) in [7, 11) is 0. The Labute approximate surface area is 227 Å². The molecule has 0 radical (unpaired) electrons. The van der Waals surface area contributed by atoms with Gasteiger partial charge in [0, 0.05) is 39.1 Å². The van der Waals surface area contributed by atoms with Crippen LogP contribution < -0.4 is 5.32 Å². The van der Waals surface area contributed by atoms with Gasteiger partial charge in [-0.3, -0.25) is 14.5 Å². The molecule has 5 rings (SSSR count). The van der Waals surface area contributed by atoms with Crippen molar-refractivity contribution < 1.29 is 14.3 Å². The quantitative estimate of drug-likeness (QED) is 0.481. The summed E-state index contributed by atoms with van der Waals surface area (Å²) in [6.07, 6.45) is 1.94. The highest BCUT2D eigenvalue weighted by atomic mass is 35.5. The number of halogens is 2. The molecule has 0 aliphatic carbocycles. The Balaban J connectivity index is 1.53. The lowest BCUT2D eigenvalue weighted by atomic mass is 9.89. The summed E-state index contributed by atoms with van der Waals surface area (Å²) in [6, 6.07) is 16.5. The monoisotopic (exact) mass is 539 g/mol. The maximum Gasteiger partial charge on any atom is 0.242 e. The molecular weight excluding hydrogens is 509 g/mol. The number of rotatable bonds is 7. The van der Waals surface area contributed by atoms with Gasteiger partial charge in [-0.2, -0.15) is 0 Å². The van der Waals surface area contributed by atoms with E-state index in [0.717, 1.165) is 55.8 Å². The average molecular weight is 540 g/mol. The zero-order valence-electron chi connectivity index (χ0n) is 20.8. The molecule has 0 atom stereocenters. The van der Waals surface area contributed by atoms with Crippen molar-refractivity contribution in [1.29, 1.82) is 0 Å². The molecule has 1 N–H and O–H groups in total. The molecule has 2 heterocycles. The molecule has 6 nitrogen and oxygen atoms in total. The molecule has 2 amide bonds. The third-order valence-corrected chi connectivity index (χ3v) is 7.99. The van der Waals surface area contributed by atoms with Gasteiger partial charge in [0.1, 0.15) is 0 Å². The van der Waals surface area contributed by atoms with Crippen LogP contribution in [-0.2, 0) is 33.7 Å². The third kappa shape index (κ3) is 6.27. The van der Waals surface area contributed by atoms with Gasteiger partial charge in [-0.25, -0.2) is 0 Å². The minimum absolute atomic E-state index is 0.0462. The fourth-order valence-corrected chi connectivity index (χ4v) is 5.55. The molecule has 2 aliphatic rings. The van der Waals surface area contributed by atoms with Crippen molar-refractivity contribution in [1.82, 2.24) is 15.1 Å². The van der Waals surface area contributed by atoms with Crippen molar-refractivity contribution in [3.8, 4) is 0 Å². The molecule has 194 valence electrons. The Morgan fingerprint density at radius 3 is 2.46 bits per heavy atom. The van der Waals surface area contributed by atoms with Gasteiger partial charge in [0.25, 0.3) is 0 Å². The third-order valence-electron chi connectivity index (χ3n) is 7.25. The Morgan fingerprint density at radius 2 is 1.68 bits per heavy atom. The summed E-state index contributed by atoms with van der Waals surface area (Å²) in [5.74, 6) is -0.142. The first kappa shape index (κ1) is 26.0. The minimum atomic E-state index is -0.0838. The lowest BCUT2D eigenvalue weighted by Crippen LogP contribution is -2.37. The molecule has 2 aliphatic heterocycles. The SMILES string of the molecule is O=C1CCN(Cc2cc(Cc3ccc(Cl)c(Cl)c3)c(CCN3CCOCC3)c3ccccc23)C(=O)CN1. The first-order chi connectivity index (χ1) is 18.0. The zero-order chi connectivity index (χ0) is 25.8. The number of nitrogens with one attached hydrogen (secondary N) is 1. The molecule has 8 heteroatoms. The van der Waals surface area contributed by atoms with Crippen LogP contribution in [0.15, 0.2) is 48.5 Å². The Bertz CT molecular complexity index is 1310. The lowest BCUT2D eigenvalue weighted by molar-refractivity contribution is -0.130. The number of amides is 2. The Morgan fingerprint density at radius 1 is 0.892 bits per heavy atom. The van der Waals surface area contributed by atoms with Crippen LogP contribution in [0.25, 0.3) is 10.8 Å². The van der Waals surface area contributed by atoms with E-state index in [9.17, 15) is 9.59 Å². The molecule has 3 aromatic carbocycles. The van der Waals surface area contributed by atoms with Crippen LogP contribution in [0.2, 0.25) is 10.0 Å². The van der Waals surface area contributed by atoms with Gasteiger partial charge in [-0.15, -0.1) is 0 Å². The van der Waals surface area contributed by atoms with Crippen molar-refractivity contribution in [2.75, 3.05) is 45.9 Å². The van der Waals surface area contributed by atoms with E-state index in [4.69, 9.17) is 27.9 Å². The summed E-state index contributed by atoms with van der Waals surface area (Å²) in [4.78, 5) is 28.9. The van der Waals surface area contributed by atoms with Crippen LogP contribution in [0.1, 0.15) is 28.7 Å². The normalized spacial score (nSPS) is 17.2. The van der Waals surface area contributed by atoms with E-state index < -0.39 is 0 Å². The number of hydrogen-bond donors (Lipinski definition) is 1. The smallest absolute Gasteiger partial charge is 0.242 e. The molecule has 0 bridgehead atoms. The standard InChI is InChI=1S/C29H31Cl2N3O3/c30-26-6-5-20(16-27(26)31)15-21-17-22(19-34-10-8-28(35)32-18-29(34)36)23-3-1-2-4-25(23)24(21)7-9-33-11-13-37-14-12-33/h1-6,16-17H,7-15,18-19H2,(H,32,35). The van der Waals surface area contributed by atoms with Gasteiger partial charge in [0.15, 0.2) is 0 Å². The second kappa shape index (κ2) is 11.8. The number of hydrogen-bond acceptors (Lipinski definition) is 4. The topological polar surface area (TPSA) is 61.9 Å². The van der Waals surface area contributed by atoms with Gasteiger partial charge in [0.05, 0.1) is 29.8 Å². The molecule has 0 aromatic heterocycles. The van der Waals surface area contributed by atoms with E-state index in [1.807, 2.05) is 24.3 Å².